The Morgan fingerprint density at radius 1 is 1.30 bits per heavy atom. The second kappa shape index (κ2) is 7.61. The molecule has 6 heteroatoms. The Bertz CT molecular complexity index is 515. The third-order valence-corrected chi connectivity index (χ3v) is 4.48. The lowest BCUT2D eigenvalue weighted by atomic mass is 10.2. The van der Waals surface area contributed by atoms with Gasteiger partial charge in [0, 0.05) is 19.1 Å². The minimum atomic E-state index is -3.52. The molecule has 1 rings (SSSR count). The van der Waals surface area contributed by atoms with Crippen molar-refractivity contribution in [3.63, 3.8) is 0 Å². The topological polar surface area (TPSA) is 69.6 Å². The van der Waals surface area contributed by atoms with E-state index < -0.39 is 10.0 Å². The van der Waals surface area contributed by atoms with E-state index in [0.29, 0.717) is 18.8 Å². The van der Waals surface area contributed by atoms with Crippen molar-refractivity contribution in [1.29, 1.82) is 0 Å². The summed E-state index contributed by atoms with van der Waals surface area (Å²) in [7, 11) is -3.52. The van der Waals surface area contributed by atoms with Crippen LogP contribution in [0.25, 0.3) is 0 Å². The van der Waals surface area contributed by atoms with Crippen LogP contribution >= 0.6 is 0 Å². The average molecular weight is 300 g/mol. The van der Waals surface area contributed by atoms with Gasteiger partial charge < -0.3 is 10.0 Å². The summed E-state index contributed by atoms with van der Waals surface area (Å²) in [5.41, 5.74) is 0.625. The molecule has 0 atom stereocenters. The Balaban J connectivity index is 3.22. The van der Waals surface area contributed by atoms with Crippen LogP contribution in [0.2, 0.25) is 0 Å². The number of hydrogen-bond donors (Lipinski definition) is 2. The summed E-state index contributed by atoms with van der Waals surface area (Å²) < 4.78 is 27.3. The predicted molar refractivity (Wildman–Crippen MR) is 81.5 cm³/mol. The van der Waals surface area contributed by atoms with E-state index in [2.05, 4.69) is 4.72 Å². The molecular weight excluding hydrogens is 276 g/mol. The largest absolute Gasteiger partial charge is 0.395 e. The average Bonchev–Trinajstić information content (AvgIpc) is 2.42. The minimum Gasteiger partial charge on any atom is -0.395 e. The zero-order valence-corrected chi connectivity index (χ0v) is 13.2. The SMILES string of the molecule is CCCNS(=O)(=O)c1ccccc1N(CCO)C(C)C. The van der Waals surface area contributed by atoms with Crippen molar-refractivity contribution in [2.45, 2.75) is 38.1 Å². The van der Waals surface area contributed by atoms with Gasteiger partial charge in [0.1, 0.15) is 4.90 Å². The molecule has 0 radical (unpaired) electrons. The highest BCUT2D eigenvalue weighted by molar-refractivity contribution is 7.89. The van der Waals surface area contributed by atoms with Gasteiger partial charge in [-0.05, 0) is 32.4 Å². The van der Waals surface area contributed by atoms with Crippen molar-refractivity contribution in [3.8, 4) is 0 Å². The molecule has 0 saturated heterocycles. The fourth-order valence-electron chi connectivity index (χ4n) is 2.00. The molecule has 0 amide bonds. The molecule has 20 heavy (non-hydrogen) atoms. The maximum atomic E-state index is 12.3. The van der Waals surface area contributed by atoms with E-state index in [4.69, 9.17) is 0 Å². The first-order valence-electron chi connectivity index (χ1n) is 6.90. The molecule has 0 unspecified atom stereocenters. The summed E-state index contributed by atoms with van der Waals surface area (Å²) in [5, 5.41) is 9.18. The molecule has 5 nitrogen and oxygen atoms in total. The molecule has 0 aliphatic heterocycles. The number of rotatable bonds is 8. The zero-order chi connectivity index (χ0) is 15.2. The first kappa shape index (κ1) is 16.9. The third-order valence-electron chi connectivity index (χ3n) is 2.97. The first-order chi connectivity index (χ1) is 9.44. The molecular formula is C14H24N2O3S. The Hall–Kier alpha value is -1.11. The third kappa shape index (κ3) is 4.19. The van der Waals surface area contributed by atoms with Crippen LogP contribution in [0.4, 0.5) is 5.69 Å². The van der Waals surface area contributed by atoms with E-state index in [1.54, 1.807) is 24.3 Å². The molecule has 0 aliphatic rings. The standard InChI is InChI=1S/C14H24N2O3S/c1-4-9-15-20(18,19)14-8-6-5-7-13(14)16(10-11-17)12(2)3/h5-8,12,15,17H,4,9-11H2,1-3H3. The van der Waals surface area contributed by atoms with Crippen molar-refractivity contribution in [2.24, 2.45) is 0 Å². The molecule has 0 spiro atoms. The van der Waals surface area contributed by atoms with Crippen LogP contribution in [0.5, 0.6) is 0 Å². The Labute approximate surface area is 121 Å². The van der Waals surface area contributed by atoms with Gasteiger partial charge in [0.2, 0.25) is 10.0 Å². The summed E-state index contributed by atoms with van der Waals surface area (Å²) in [6.07, 6.45) is 0.742. The van der Waals surface area contributed by atoms with Gasteiger partial charge in [-0.2, -0.15) is 0 Å². The van der Waals surface area contributed by atoms with Crippen LogP contribution in [0.1, 0.15) is 27.2 Å². The summed E-state index contributed by atoms with van der Waals surface area (Å²) in [5.74, 6) is 0. The summed E-state index contributed by atoms with van der Waals surface area (Å²) in [6, 6.07) is 6.99. The van der Waals surface area contributed by atoms with Gasteiger partial charge in [-0.1, -0.05) is 19.1 Å². The number of anilines is 1. The number of aliphatic hydroxyl groups is 1. The van der Waals surface area contributed by atoms with E-state index in [1.165, 1.54) is 0 Å². The molecule has 0 bridgehead atoms. The van der Waals surface area contributed by atoms with E-state index in [-0.39, 0.29) is 17.5 Å². The van der Waals surface area contributed by atoms with Gasteiger partial charge in [-0.15, -0.1) is 0 Å². The number of hydrogen-bond acceptors (Lipinski definition) is 4. The monoisotopic (exact) mass is 300 g/mol. The lowest BCUT2D eigenvalue weighted by molar-refractivity contribution is 0.298. The van der Waals surface area contributed by atoms with Gasteiger partial charge in [-0.3, -0.25) is 0 Å². The van der Waals surface area contributed by atoms with Gasteiger partial charge in [-0.25, -0.2) is 13.1 Å². The van der Waals surface area contributed by atoms with Crippen LogP contribution in [0, 0.1) is 0 Å². The molecule has 0 heterocycles. The number of nitrogens with one attached hydrogen (secondary N) is 1. The molecule has 114 valence electrons. The summed E-state index contributed by atoms with van der Waals surface area (Å²) in [4.78, 5) is 2.15. The molecule has 1 aromatic carbocycles. The predicted octanol–water partition coefficient (Wildman–Crippen LogP) is 1.58. The molecule has 0 aliphatic carbocycles. The van der Waals surface area contributed by atoms with Gasteiger partial charge in [0.25, 0.3) is 0 Å². The van der Waals surface area contributed by atoms with Crippen molar-refractivity contribution in [3.05, 3.63) is 24.3 Å². The van der Waals surface area contributed by atoms with Crippen LogP contribution in [0.15, 0.2) is 29.2 Å². The fraction of sp³-hybridized carbons (Fsp3) is 0.571. The van der Waals surface area contributed by atoms with Crippen LogP contribution in [0.3, 0.4) is 0 Å². The minimum absolute atomic E-state index is 0.0189. The molecule has 0 saturated carbocycles. The molecule has 1 aromatic rings. The number of aliphatic hydroxyl groups excluding tert-OH is 1. The molecule has 2 N–H and O–H groups in total. The number of sulfonamides is 1. The quantitative estimate of drug-likeness (QED) is 0.765. The summed E-state index contributed by atoms with van der Waals surface area (Å²) >= 11 is 0. The van der Waals surface area contributed by atoms with Crippen LogP contribution in [-0.4, -0.2) is 39.3 Å². The van der Waals surface area contributed by atoms with Gasteiger partial charge in [0.15, 0.2) is 0 Å². The second-order valence-electron chi connectivity index (χ2n) is 4.88. The lowest BCUT2D eigenvalue weighted by Gasteiger charge is -2.30. The van der Waals surface area contributed by atoms with Crippen LogP contribution < -0.4 is 9.62 Å². The van der Waals surface area contributed by atoms with Crippen molar-refractivity contribution in [2.75, 3.05) is 24.6 Å². The lowest BCUT2D eigenvalue weighted by Crippen LogP contribution is -2.35. The molecule has 0 fully saturated rings. The van der Waals surface area contributed by atoms with Crippen LogP contribution in [-0.2, 0) is 10.0 Å². The zero-order valence-electron chi connectivity index (χ0n) is 12.3. The van der Waals surface area contributed by atoms with Gasteiger partial charge in [0.05, 0.1) is 12.3 Å². The number of benzene rings is 1. The second-order valence-corrected chi connectivity index (χ2v) is 6.61. The first-order valence-corrected chi connectivity index (χ1v) is 8.38. The van der Waals surface area contributed by atoms with E-state index in [0.717, 1.165) is 6.42 Å². The normalized spacial score (nSPS) is 11.8. The van der Waals surface area contributed by atoms with E-state index in [1.807, 2.05) is 25.7 Å². The van der Waals surface area contributed by atoms with Crippen molar-refractivity contribution < 1.29 is 13.5 Å². The van der Waals surface area contributed by atoms with E-state index >= 15 is 0 Å². The number of para-hydroxylation sites is 1. The summed E-state index contributed by atoms with van der Waals surface area (Å²) in [6.45, 7) is 6.66. The molecule has 0 aromatic heterocycles. The smallest absolute Gasteiger partial charge is 0.242 e. The highest BCUT2D eigenvalue weighted by Gasteiger charge is 2.22. The maximum absolute atomic E-state index is 12.3. The Kier molecular flexibility index (Phi) is 6.45. The maximum Gasteiger partial charge on any atom is 0.242 e. The van der Waals surface area contributed by atoms with Crippen molar-refractivity contribution >= 4 is 15.7 Å². The highest BCUT2D eigenvalue weighted by Crippen LogP contribution is 2.26. The van der Waals surface area contributed by atoms with E-state index in [9.17, 15) is 13.5 Å². The van der Waals surface area contributed by atoms with Crippen molar-refractivity contribution in [1.82, 2.24) is 4.72 Å². The van der Waals surface area contributed by atoms with Gasteiger partial charge >= 0.3 is 0 Å². The Morgan fingerprint density at radius 2 is 1.95 bits per heavy atom. The Morgan fingerprint density at radius 3 is 2.50 bits per heavy atom. The fourth-order valence-corrected chi connectivity index (χ4v) is 3.35. The highest BCUT2D eigenvalue weighted by atomic mass is 32.2. The number of nitrogens with zero attached hydrogens (tertiary/aromatic N) is 1.